The molecule has 0 amide bonds. The van der Waals surface area contributed by atoms with Crippen LogP contribution < -0.4 is 0 Å². The van der Waals surface area contributed by atoms with Crippen molar-refractivity contribution in [3.8, 4) is 0 Å². The van der Waals surface area contributed by atoms with Gasteiger partial charge in [0.1, 0.15) is 0 Å². The molecule has 0 aromatic rings. The third kappa shape index (κ3) is 4.12. The molecule has 0 aliphatic heterocycles. The Hall–Kier alpha value is -0.0400. The Balaban J connectivity index is 2.34. The first-order valence-corrected chi connectivity index (χ1v) is 5.73. The summed E-state index contributed by atoms with van der Waals surface area (Å²) in [7, 11) is 0. The van der Waals surface area contributed by atoms with Crippen LogP contribution in [0.5, 0.6) is 0 Å². The molecule has 1 heteroatoms. The number of rotatable bonds is 3. The van der Waals surface area contributed by atoms with E-state index >= 15 is 0 Å². The van der Waals surface area contributed by atoms with Gasteiger partial charge in [0.2, 0.25) is 0 Å². The molecule has 0 radical (unpaired) electrons. The van der Waals surface area contributed by atoms with Crippen molar-refractivity contribution < 1.29 is 5.11 Å². The molecule has 1 fully saturated rings. The molecule has 1 nitrogen and oxygen atoms in total. The molecule has 1 saturated carbocycles. The first kappa shape index (κ1) is 11.0. The van der Waals surface area contributed by atoms with E-state index in [1.165, 1.54) is 32.1 Å². The van der Waals surface area contributed by atoms with Gasteiger partial charge >= 0.3 is 0 Å². The monoisotopic (exact) mass is 184 g/mol. The SMILES string of the molecule is CCC1CCCC(CC(C)(C)O)C1. The van der Waals surface area contributed by atoms with Gasteiger partial charge in [-0.05, 0) is 38.5 Å². The van der Waals surface area contributed by atoms with Crippen LogP contribution in [0, 0.1) is 11.8 Å². The molecule has 2 unspecified atom stereocenters. The quantitative estimate of drug-likeness (QED) is 0.713. The van der Waals surface area contributed by atoms with Gasteiger partial charge in [-0.3, -0.25) is 0 Å². The molecule has 13 heavy (non-hydrogen) atoms. The lowest BCUT2D eigenvalue weighted by Gasteiger charge is -2.32. The fraction of sp³-hybridized carbons (Fsp3) is 1.00. The molecule has 78 valence electrons. The van der Waals surface area contributed by atoms with Crippen molar-refractivity contribution in [1.82, 2.24) is 0 Å². The Kier molecular flexibility index (Phi) is 3.78. The zero-order valence-corrected chi connectivity index (χ0v) is 9.34. The van der Waals surface area contributed by atoms with Crippen molar-refractivity contribution in [3.05, 3.63) is 0 Å². The van der Waals surface area contributed by atoms with Gasteiger partial charge in [0.05, 0.1) is 5.60 Å². The highest BCUT2D eigenvalue weighted by Crippen LogP contribution is 2.35. The number of hydrogen-bond acceptors (Lipinski definition) is 1. The molecule has 1 aliphatic rings. The predicted molar refractivity (Wildman–Crippen MR) is 56.7 cm³/mol. The highest BCUT2D eigenvalue weighted by atomic mass is 16.3. The van der Waals surface area contributed by atoms with E-state index < -0.39 is 5.60 Å². The molecule has 0 heterocycles. The summed E-state index contributed by atoms with van der Waals surface area (Å²) in [6.45, 7) is 6.16. The average molecular weight is 184 g/mol. The predicted octanol–water partition coefficient (Wildman–Crippen LogP) is 3.36. The minimum Gasteiger partial charge on any atom is -0.390 e. The van der Waals surface area contributed by atoms with Crippen LogP contribution in [-0.4, -0.2) is 10.7 Å². The first-order chi connectivity index (χ1) is 6.01. The highest BCUT2D eigenvalue weighted by molar-refractivity contribution is 4.78. The van der Waals surface area contributed by atoms with E-state index in [1.807, 2.05) is 13.8 Å². The minimum absolute atomic E-state index is 0.458. The summed E-state index contributed by atoms with van der Waals surface area (Å²) in [6.07, 6.45) is 7.78. The van der Waals surface area contributed by atoms with E-state index in [2.05, 4.69) is 6.92 Å². The molecule has 1 aliphatic carbocycles. The first-order valence-electron chi connectivity index (χ1n) is 5.73. The summed E-state index contributed by atoms with van der Waals surface area (Å²) in [6, 6.07) is 0. The molecule has 0 aromatic carbocycles. The van der Waals surface area contributed by atoms with Crippen molar-refractivity contribution in [2.75, 3.05) is 0 Å². The summed E-state index contributed by atoms with van der Waals surface area (Å²) < 4.78 is 0. The van der Waals surface area contributed by atoms with Crippen molar-refractivity contribution in [1.29, 1.82) is 0 Å². The summed E-state index contributed by atoms with van der Waals surface area (Å²) >= 11 is 0. The zero-order valence-electron chi connectivity index (χ0n) is 9.34. The maximum atomic E-state index is 9.73. The standard InChI is InChI=1S/C12H24O/c1-4-10-6-5-7-11(8-10)9-12(2,3)13/h10-11,13H,4-9H2,1-3H3. The normalized spacial score (nSPS) is 30.5. The number of aliphatic hydroxyl groups is 1. The van der Waals surface area contributed by atoms with Crippen LogP contribution in [0.1, 0.15) is 59.3 Å². The topological polar surface area (TPSA) is 20.2 Å². The molecular formula is C12H24O. The maximum Gasteiger partial charge on any atom is 0.0594 e. The Labute approximate surface area is 82.5 Å². The average Bonchev–Trinajstić information content (AvgIpc) is 2.01. The summed E-state index contributed by atoms with van der Waals surface area (Å²) in [5, 5.41) is 9.73. The summed E-state index contributed by atoms with van der Waals surface area (Å²) in [5.74, 6) is 1.71. The van der Waals surface area contributed by atoms with Gasteiger partial charge in [0.25, 0.3) is 0 Å². The van der Waals surface area contributed by atoms with Crippen molar-refractivity contribution >= 4 is 0 Å². The largest absolute Gasteiger partial charge is 0.390 e. The molecule has 1 rings (SSSR count). The van der Waals surface area contributed by atoms with E-state index in [0.717, 1.165) is 18.3 Å². The molecule has 0 aromatic heterocycles. The lowest BCUT2D eigenvalue weighted by Crippen LogP contribution is -2.26. The van der Waals surface area contributed by atoms with Crippen LogP contribution >= 0.6 is 0 Å². The van der Waals surface area contributed by atoms with Gasteiger partial charge < -0.3 is 5.11 Å². The van der Waals surface area contributed by atoms with Crippen LogP contribution in [0.4, 0.5) is 0 Å². The molecular weight excluding hydrogens is 160 g/mol. The smallest absolute Gasteiger partial charge is 0.0594 e. The van der Waals surface area contributed by atoms with E-state index in [1.54, 1.807) is 0 Å². The van der Waals surface area contributed by atoms with Gasteiger partial charge in [-0.25, -0.2) is 0 Å². The lowest BCUT2D eigenvalue weighted by atomic mass is 9.76. The molecule has 0 saturated heterocycles. The van der Waals surface area contributed by atoms with Gasteiger partial charge in [0.15, 0.2) is 0 Å². The van der Waals surface area contributed by atoms with E-state index in [4.69, 9.17) is 0 Å². The molecule has 1 N–H and O–H groups in total. The fourth-order valence-electron chi connectivity index (χ4n) is 2.66. The maximum absolute atomic E-state index is 9.73. The van der Waals surface area contributed by atoms with E-state index in [9.17, 15) is 5.11 Å². The zero-order chi connectivity index (χ0) is 9.90. The Morgan fingerprint density at radius 3 is 2.38 bits per heavy atom. The van der Waals surface area contributed by atoms with E-state index in [0.29, 0.717) is 0 Å². The van der Waals surface area contributed by atoms with Gasteiger partial charge in [-0.1, -0.05) is 32.6 Å². The van der Waals surface area contributed by atoms with Crippen LogP contribution in [-0.2, 0) is 0 Å². The van der Waals surface area contributed by atoms with Crippen LogP contribution in [0.3, 0.4) is 0 Å². The van der Waals surface area contributed by atoms with Crippen molar-refractivity contribution in [2.45, 2.75) is 64.9 Å². The van der Waals surface area contributed by atoms with Gasteiger partial charge in [0, 0.05) is 0 Å². The van der Waals surface area contributed by atoms with Crippen LogP contribution in [0.25, 0.3) is 0 Å². The van der Waals surface area contributed by atoms with Crippen LogP contribution in [0.2, 0.25) is 0 Å². The third-order valence-corrected chi connectivity index (χ3v) is 3.26. The second-order valence-corrected chi connectivity index (χ2v) is 5.32. The van der Waals surface area contributed by atoms with Crippen LogP contribution in [0.15, 0.2) is 0 Å². The number of hydrogen-bond donors (Lipinski definition) is 1. The molecule has 0 spiro atoms. The molecule has 2 atom stereocenters. The summed E-state index contributed by atoms with van der Waals surface area (Å²) in [5.41, 5.74) is -0.458. The molecule has 0 bridgehead atoms. The third-order valence-electron chi connectivity index (χ3n) is 3.26. The Morgan fingerprint density at radius 2 is 1.85 bits per heavy atom. The lowest BCUT2D eigenvalue weighted by molar-refractivity contribution is 0.0403. The second kappa shape index (κ2) is 4.45. The van der Waals surface area contributed by atoms with E-state index in [-0.39, 0.29) is 0 Å². The fourth-order valence-corrected chi connectivity index (χ4v) is 2.66. The van der Waals surface area contributed by atoms with Gasteiger partial charge in [-0.2, -0.15) is 0 Å². The van der Waals surface area contributed by atoms with Crippen molar-refractivity contribution in [3.63, 3.8) is 0 Å². The second-order valence-electron chi connectivity index (χ2n) is 5.32. The summed E-state index contributed by atoms with van der Waals surface area (Å²) in [4.78, 5) is 0. The minimum atomic E-state index is -0.458. The highest BCUT2D eigenvalue weighted by Gasteiger charge is 2.25. The Bertz CT molecular complexity index is 146. The van der Waals surface area contributed by atoms with Gasteiger partial charge in [-0.15, -0.1) is 0 Å². The van der Waals surface area contributed by atoms with Crippen molar-refractivity contribution in [2.24, 2.45) is 11.8 Å². The Morgan fingerprint density at radius 1 is 1.23 bits per heavy atom.